The Hall–Kier alpha value is -1.17. The van der Waals surface area contributed by atoms with Gasteiger partial charge < -0.3 is 19.7 Å². The van der Waals surface area contributed by atoms with Crippen LogP contribution in [0.15, 0.2) is 24.3 Å². The number of carboxylic acids is 1. The third kappa shape index (κ3) is 11.1. The Balaban J connectivity index is 4.11. The zero-order valence-corrected chi connectivity index (χ0v) is 10.2. The topological polar surface area (TPSA) is 76.0 Å². The van der Waals surface area contributed by atoms with Crippen LogP contribution in [0.5, 0.6) is 0 Å². The van der Waals surface area contributed by atoms with Gasteiger partial charge in [0.2, 0.25) is 0 Å². The van der Waals surface area contributed by atoms with Crippen LogP contribution in [0.3, 0.4) is 0 Å². The van der Waals surface area contributed by atoms with E-state index >= 15 is 0 Å². The van der Waals surface area contributed by atoms with Gasteiger partial charge in [0.1, 0.15) is 6.79 Å². The highest BCUT2D eigenvalue weighted by Gasteiger charge is 2.06. The highest BCUT2D eigenvalue weighted by molar-refractivity contribution is 5.80. The number of methoxy groups -OCH3 is 1. The van der Waals surface area contributed by atoms with Gasteiger partial charge in [-0.1, -0.05) is 18.2 Å². The normalized spacial score (nSPS) is 15.5. The number of aliphatic carboxylic acids is 1. The van der Waals surface area contributed by atoms with Crippen molar-refractivity contribution in [2.24, 2.45) is 0 Å². The van der Waals surface area contributed by atoms with Gasteiger partial charge in [-0.05, 0) is 19.8 Å². The van der Waals surface area contributed by atoms with Crippen LogP contribution < -0.4 is 0 Å². The second-order valence-electron chi connectivity index (χ2n) is 3.62. The molecule has 0 fully saturated rings. The van der Waals surface area contributed by atoms with Crippen LogP contribution in [0.25, 0.3) is 0 Å². The number of aliphatic hydroxyl groups excluding tert-OH is 1. The molecule has 5 heteroatoms. The van der Waals surface area contributed by atoms with Crippen molar-refractivity contribution in [2.45, 2.75) is 32.0 Å². The molecule has 98 valence electrons. The van der Waals surface area contributed by atoms with Gasteiger partial charge in [-0.2, -0.15) is 0 Å². The zero-order valence-electron chi connectivity index (χ0n) is 10.2. The van der Waals surface area contributed by atoms with Gasteiger partial charge in [-0.3, -0.25) is 0 Å². The summed E-state index contributed by atoms with van der Waals surface area (Å²) >= 11 is 0. The van der Waals surface area contributed by atoms with E-state index in [1.807, 2.05) is 0 Å². The lowest BCUT2D eigenvalue weighted by Gasteiger charge is -2.14. The summed E-state index contributed by atoms with van der Waals surface area (Å²) < 4.78 is 10.1. The van der Waals surface area contributed by atoms with Crippen LogP contribution in [0, 0.1) is 0 Å². The summed E-state index contributed by atoms with van der Waals surface area (Å²) in [7, 11) is 1.53. The molecule has 0 spiro atoms. The van der Waals surface area contributed by atoms with Gasteiger partial charge in [-0.25, -0.2) is 4.79 Å². The summed E-state index contributed by atoms with van der Waals surface area (Å²) in [5.41, 5.74) is 0. The first kappa shape index (κ1) is 15.8. The number of carbonyl (C=O) groups is 1. The minimum absolute atomic E-state index is 0.164. The maximum absolute atomic E-state index is 10.2. The van der Waals surface area contributed by atoms with E-state index in [0.717, 1.165) is 6.08 Å². The summed E-state index contributed by atoms with van der Waals surface area (Å²) in [6.45, 7) is 1.87. The number of aliphatic hydroxyl groups is 1. The predicted octanol–water partition coefficient (Wildman–Crippen LogP) is 1.33. The third-order valence-electron chi connectivity index (χ3n) is 1.94. The Morgan fingerprint density at radius 2 is 2.06 bits per heavy atom. The molecule has 0 aromatic rings. The minimum atomic E-state index is -0.993. The second kappa shape index (κ2) is 10.0. The lowest BCUT2D eigenvalue weighted by atomic mass is 10.1. The van der Waals surface area contributed by atoms with Crippen molar-refractivity contribution in [1.82, 2.24) is 0 Å². The van der Waals surface area contributed by atoms with E-state index in [0.29, 0.717) is 12.8 Å². The number of allylic oxidation sites excluding steroid dienone is 2. The molecule has 17 heavy (non-hydrogen) atoms. The lowest BCUT2D eigenvalue weighted by molar-refractivity contribution is -0.131. The van der Waals surface area contributed by atoms with E-state index in [9.17, 15) is 4.79 Å². The Kier molecular flexibility index (Phi) is 9.33. The van der Waals surface area contributed by atoms with Crippen LogP contribution in [-0.4, -0.2) is 42.3 Å². The number of ether oxygens (including phenoxy) is 2. The molecule has 0 bridgehead atoms. The minimum Gasteiger partial charge on any atom is -0.478 e. The zero-order chi connectivity index (χ0) is 13.1. The van der Waals surface area contributed by atoms with Crippen molar-refractivity contribution in [3.8, 4) is 0 Å². The smallest absolute Gasteiger partial charge is 0.328 e. The average Bonchev–Trinajstić information content (AvgIpc) is 2.26. The number of carboxylic acid groups (broad SMARTS) is 1. The van der Waals surface area contributed by atoms with Crippen molar-refractivity contribution in [3.63, 3.8) is 0 Å². The van der Waals surface area contributed by atoms with Crippen molar-refractivity contribution in [3.05, 3.63) is 24.3 Å². The Bertz CT molecular complexity index is 258. The monoisotopic (exact) mass is 244 g/mol. The van der Waals surface area contributed by atoms with Crippen LogP contribution in [-0.2, 0) is 14.3 Å². The largest absolute Gasteiger partial charge is 0.478 e. The molecule has 0 aliphatic rings. The van der Waals surface area contributed by atoms with Crippen molar-refractivity contribution >= 4 is 5.97 Å². The summed E-state index contributed by atoms with van der Waals surface area (Å²) in [6.07, 6.45) is 6.50. The van der Waals surface area contributed by atoms with Gasteiger partial charge in [-0.15, -0.1) is 0 Å². The molecule has 5 nitrogen and oxygen atoms in total. The number of rotatable bonds is 9. The van der Waals surface area contributed by atoms with Crippen LogP contribution in [0.4, 0.5) is 0 Å². The molecule has 2 N–H and O–H groups in total. The molecule has 0 saturated heterocycles. The Morgan fingerprint density at radius 3 is 2.59 bits per heavy atom. The van der Waals surface area contributed by atoms with Crippen molar-refractivity contribution < 1.29 is 24.5 Å². The fourth-order valence-corrected chi connectivity index (χ4v) is 1.12. The fourth-order valence-electron chi connectivity index (χ4n) is 1.12. The molecule has 0 aliphatic heterocycles. The van der Waals surface area contributed by atoms with Gasteiger partial charge in [0, 0.05) is 13.2 Å². The summed E-state index contributed by atoms with van der Waals surface area (Å²) in [4.78, 5) is 10.2. The molecule has 2 atom stereocenters. The molecule has 0 aliphatic carbocycles. The van der Waals surface area contributed by atoms with Crippen molar-refractivity contribution in [1.29, 1.82) is 0 Å². The Labute approximate surface area is 101 Å². The van der Waals surface area contributed by atoms with Gasteiger partial charge in [0.05, 0.1) is 12.2 Å². The second-order valence-corrected chi connectivity index (χ2v) is 3.62. The van der Waals surface area contributed by atoms with E-state index in [1.54, 1.807) is 19.1 Å². The summed E-state index contributed by atoms with van der Waals surface area (Å²) in [5.74, 6) is -0.993. The molecule has 0 heterocycles. The first-order valence-corrected chi connectivity index (χ1v) is 5.42. The van der Waals surface area contributed by atoms with Crippen LogP contribution in [0.2, 0.25) is 0 Å². The average molecular weight is 244 g/mol. The van der Waals surface area contributed by atoms with Crippen LogP contribution in [0.1, 0.15) is 19.8 Å². The molecular formula is C12H20O5. The lowest BCUT2D eigenvalue weighted by Crippen LogP contribution is -2.14. The summed E-state index contributed by atoms with van der Waals surface area (Å²) in [5, 5.41) is 17.6. The quantitative estimate of drug-likeness (QED) is 0.363. The third-order valence-corrected chi connectivity index (χ3v) is 1.94. The molecule has 0 amide bonds. The first-order chi connectivity index (χ1) is 8.06. The molecule has 0 rings (SSSR count). The molecule has 0 saturated carbocycles. The molecule has 0 aromatic carbocycles. The highest BCUT2D eigenvalue weighted by Crippen LogP contribution is 2.07. The maximum Gasteiger partial charge on any atom is 0.328 e. The highest BCUT2D eigenvalue weighted by atomic mass is 16.7. The van der Waals surface area contributed by atoms with Gasteiger partial charge >= 0.3 is 5.97 Å². The van der Waals surface area contributed by atoms with E-state index in [1.165, 1.54) is 13.2 Å². The number of hydrogen-bond donors (Lipinski definition) is 2. The molecule has 0 unspecified atom stereocenters. The van der Waals surface area contributed by atoms with Crippen molar-refractivity contribution in [2.75, 3.05) is 13.9 Å². The Morgan fingerprint density at radius 1 is 1.35 bits per heavy atom. The van der Waals surface area contributed by atoms with E-state index < -0.39 is 5.97 Å². The van der Waals surface area contributed by atoms with E-state index in [-0.39, 0.29) is 19.0 Å². The molecular weight excluding hydrogens is 224 g/mol. The van der Waals surface area contributed by atoms with E-state index in [4.69, 9.17) is 19.7 Å². The van der Waals surface area contributed by atoms with Crippen LogP contribution >= 0.6 is 0 Å². The predicted molar refractivity (Wildman–Crippen MR) is 63.6 cm³/mol. The van der Waals surface area contributed by atoms with E-state index in [2.05, 4.69) is 0 Å². The van der Waals surface area contributed by atoms with Gasteiger partial charge in [0.15, 0.2) is 0 Å². The number of hydrogen-bond acceptors (Lipinski definition) is 4. The fraction of sp³-hybridized carbons (Fsp3) is 0.583. The first-order valence-electron chi connectivity index (χ1n) is 5.42. The summed E-state index contributed by atoms with van der Waals surface area (Å²) in [6, 6.07) is 0. The SMILES string of the molecule is COCO[C@@H](/C=C/C=C\C(=O)O)CC[C@@H](C)O. The standard InChI is InChI=1S/C12H20O5/c1-10(13)7-8-11(17-9-16-2)5-3-4-6-12(14)15/h3-6,10-11,13H,7-9H2,1-2H3,(H,14,15)/b5-3+,6-4-/t10-,11+/m1/s1. The maximum atomic E-state index is 10.2. The molecule has 0 aromatic heterocycles. The molecule has 0 radical (unpaired) electrons. The van der Waals surface area contributed by atoms with Gasteiger partial charge in [0.25, 0.3) is 0 Å².